The second-order valence-electron chi connectivity index (χ2n) is 12.4. The number of aliphatic carboxylic acids is 2. The first kappa shape index (κ1) is 40.8. The third-order valence-corrected chi connectivity index (χ3v) is 9.48. The number of esters is 1. The lowest BCUT2D eigenvalue weighted by atomic mass is 9.86. The lowest BCUT2D eigenvalue weighted by molar-refractivity contribution is -0.150. The molecule has 0 aliphatic carbocycles. The molecule has 0 aliphatic heterocycles. The van der Waals surface area contributed by atoms with E-state index < -0.39 is 101 Å². The van der Waals surface area contributed by atoms with Crippen LogP contribution in [0.4, 0.5) is 0 Å². The molecule has 276 valence electrons. The fraction of sp³-hybridized carbons (Fsp3) is 0.316. The van der Waals surface area contributed by atoms with Crippen molar-refractivity contribution < 1.29 is 52.1 Å². The van der Waals surface area contributed by atoms with Gasteiger partial charge in [0.15, 0.2) is 15.6 Å². The summed E-state index contributed by atoms with van der Waals surface area (Å²) in [7, 11) is -3.96. The highest BCUT2D eigenvalue weighted by atomic mass is 32.2. The van der Waals surface area contributed by atoms with Crippen molar-refractivity contribution in [2.75, 3.05) is 0 Å². The number of benzene rings is 3. The summed E-state index contributed by atoms with van der Waals surface area (Å²) in [5, 5.41) is 24.9. The molecule has 0 spiro atoms. The van der Waals surface area contributed by atoms with Crippen molar-refractivity contribution in [3.05, 3.63) is 114 Å². The summed E-state index contributed by atoms with van der Waals surface area (Å²) in [5.41, 5.74) is 1.03. The second-order valence-corrected chi connectivity index (χ2v) is 14.3. The highest BCUT2D eigenvalue weighted by Crippen LogP contribution is 2.24. The maximum Gasteiger partial charge on any atom is 0.306 e. The number of amides is 2. The number of carbonyl (C=O) groups is 6. The average Bonchev–Trinajstić information content (AvgIpc) is 3.11. The maximum atomic E-state index is 13.9. The van der Waals surface area contributed by atoms with Gasteiger partial charge in [-0.3, -0.25) is 28.8 Å². The third kappa shape index (κ3) is 13.2. The fourth-order valence-electron chi connectivity index (χ4n) is 5.22. The number of carbonyl (C=O) groups excluding carboxylic acids is 4. The van der Waals surface area contributed by atoms with E-state index in [1.807, 2.05) is 0 Å². The van der Waals surface area contributed by atoms with Crippen molar-refractivity contribution in [2.45, 2.75) is 63.1 Å². The van der Waals surface area contributed by atoms with Crippen LogP contribution >= 0.6 is 0 Å². The normalized spacial score (nSPS) is 13.8. The minimum absolute atomic E-state index is 0.0269. The topological polar surface area (TPSA) is 210 Å². The summed E-state index contributed by atoms with van der Waals surface area (Å²) in [6.07, 6.45) is -1.31. The molecule has 3 aromatic rings. The molecule has 0 fully saturated rings. The summed E-state index contributed by atoms with van der Waals surface area (Å²) in [6, 6.07) is 21.6. The monoisotopic (exact) mass is 734 g/mol. The van der Waals surface area contributed by atoms with Crippen LogP contribution in [0.15, 0.2) is 107 Å². The maximum absolute atomic E-state index is 13.9. The molecule has 0 aromatic heterocycles. The molecule has 14 heteroatoms. The Morgan fingerprint density at radius 1 is 0.712 bits per heavy atom. The Balaban J connectivity index is 1.80. The number of hydrogen-bond donors (Lipinski definition) is 4. The minimum atomic E-state index is -3.96. The Hall–Kier alpha value is -5.63. The van der Waals surface area contributed by atoms with Gasteiger partial charge in [0.1, 0.15) is 12.6 Å². The molecule has 0 unspecified atom stereocenters. The SMILES string of the molecule is CC(C)[C@H](CC(=O)[C@@H](NC(=O)[C@H](CC(=O)O)CC(=O)OCc1ccccc1)c1ccccc1)C(=O)N[C@H](/C=C/S(=O)(=O)c1ccccc1)CC(=O)O. The summed E-state index contributed by atoms with van der Waals surface area (Å²) in [4.78, 5) is 76.9. The van der Waals surface area contributed by atoms with Crippen molar-refractivity contribution in [2.24, 2.45) is 17.8 Å². The van der Waals surface area contributed by atoms with Crippen LogP contribution in [-0.2, 0) is 49.9 Å². The van der Waals surface area contributed by atoms with Crippen LogP contribution in [0.1, 0.15) is 56.7 Å². The molecule has 4 atom stereocenters. The molecular weight excluding hydrogens is 692 g/mol. The molecule has 13 nitrogen and oxygen atoms in total. The first-order valence-corrected chi connectivity index (χ1v) is 18.0. The van der Waals surface area contributed by atoms with Gasteiger partial charge >= 0.3 is 17.9 Å². The van der Waals surface area contributed by atoms with Crippen molar-refractivity contribution >= 4 is 45.3 Å². The van der Waals surface area contributed by atoms with Crippen LogP contribution in [0.5, 0.6) is 0 Å². The zero-order chi connectivity index (χ0) is 38.3. The summed E-state index contributed by atoms with van der Waals surface area (Å²) < 4.78 is 30.8. The van der Waals surface area contributed by atoms with Gasteiger partial charge < -0.3 is 25.6 Å². The number of nitrogens with one attached hydrogen (secondary N) is 2. The molecule has 2 amide bonds. The van der Waals surface area contributed by atoms with Crippen molar-refractivity contribution in [3.8, 4) is 0 Å². The van der Waals surface area contributed by atoms with E-state index in [0.29, 0.717) is 11.1 Å². The zero-order valence-electron chi connectivity index (χ0n) is 28.7. The highest BCUT2D eigenvalue weighted by molar-refractivity contribution is 7.94. The van der Waals surface area contributed by atoms with Gasteiger partial charge in [0, 0.05) is 17.7 Å². The van der Waals surface area contributed by atoms with Crippen molar-refractivity contribution in [1.29, 1.82) is 0 Å². The Morgan fingerprint density at radius 2 is 1.27 bits per heavy atom. The first-order valence-electron chi connectivity index (χ1n) is 16.5. The number of Topliss-reactive ketones (excluding diaryl/α,β-unsaturated/α-hetero) is 1. The number of carboxylic acid groups (broad SMARTS) is 2. The first-order chi connectivity index (χ1) is 24.7. The van der Waals surface area contributed by atoms with E-state index in [-0.39, 0.29) is 11.5 Å². The second kappa shape index (κ2) is 19.7. The summed E-state index contributed by atoms with van der Waals surface area (Å²) in [5.74, 6) is -8.62. The highest BCUT2D eigenvalue weighted by Gasteiger charge is 2.34. The standard InChI is InChI=1S/C38H42N2O11S/c1-25(2)31(38(48)39-29(22-34(44)45)18-19-52(49,50)30-16-10-5-11-17-30)23-32(41)36(27-14-8-4-9-15-27)40-37(47)28(20-33(42)43)21-35(46)51-24-26-12-6-3-7-13-26/h3-19,25,28-29,31,36H,20-24H2,1-2H3,(H,39,48)(H,40,47)(H,42,43)(H,44,45)/b19-18+/t28-,29-,31+,36+/m1/s1. The van der Waals surface area contributed by atoms with Gasteiger partial charge in [-0.2, -0.15) is 0 Å². The van der Waals surface area contributed by atoms with Gasteiger partial charge in [0.05, 0.1) is 36.1 Å². The van der Waals surface area contributed by atoms with E-state index in [0.717, 1.165) is 11.5 Å². The van der Waals surface area contributed by atoms with Crippen LogP contribution in [0.25, 0.3) is 0 Å². The minimum Gasteiger partial charge on any atom is -0.481 e. The molecule has 0 saturated carbocycles. The molecule has 0 radical (unpaired) electrons. The van der Waals surface area contributed by atoms with Gasteiger partial charge in [-0.05, 0) is 35.3 Å². The molecule has 0 saturated heterocycles. The van der Waals surface area contributed by atoms with Crippen LogP contribution in [0.3, 0.4) is 0 Å². The van der Waals surface area contributed by atoms with E-state index >= 15 is 0 Å². The lowest BCUT2D eigenvalue weighted by Crippen LogP contribution is -2.43. The molecular formula is C38H42N2O11S. The van der Waals surface area contributed by atoms with E-state index in [4.69, 9.17) is 4.74 Å². The fourth-order valence-corrected chi connectivity index (χ4v) is 6.31. The van der Waals surface area contributed by atoms with Crippen LogP contribution in [0.2, 0.25) is 0 Å². The molecule has 3 aromatic carbocycles. The predicted molar refractivity (Wildman–Crippen MR) is 189 cm³/mol. The quantitative estimate of drug-likeness (QED) is 0.121. The number of ether oxygens (including phenoxy) is 1. The zero-order valence-corrected chi connectivity index (χ0v) is 29.5. The van der Waals surface area contributed by atoms with Gasteiger partial charge in [-0.25, -0.2) is 8.42 Å². The predicted octanol–water partition coefficient (Wildman–Crippen LogP) is 4.25. The van der Waals surface area contributed by atoms with Crippen LogP contribution in [-0.4, -0.2) is 60.2 Å². The van der Waals surface area contributed by atoms with Crippen LogP contribution in [0, 0.1) is 17.8 Å². The Morgan fingerprint density at radius 3 is 1.83 bits per heavy atom. The smallest absolute Gasteiger partial charge is 0.306 e. The van der Waals surface area contributed by atoms with Crippen LogP contribution < -0.4 is 10.6 Å². The van der Waals surface area contributed by atoms with Gasteiger partial charge in [-0.15, -0.1) is 0 Å². The summed E-state index contributed by atoms with van der Waals surface area (Å²) in [6.45, 7) is 3.25. The molecule has 0 aliphatic rings. The third-order valence-electron chi connectivity index (χ3n) is 8.04. The molecule has 3 rings (SSSR count). The Labute approximate surface area is 302 Å². The lowest BCUT2D eigenvalue weighted by Gasteiger charge is -2.26. The van der Waals surface area contributed by atoms with Crippen molar-refractivity contribution in [1.82, 2.24) is 10.6 Å². The number of rotatable bonds is 20. The number of carboxylic acids is 2. The van der Waals surface area contributed by atoms with Gasteiger partial charge in [-0.1, -0.05) is 92.7 Å². The average molecular weight is 735 g/mol. The Bertz CT molecular complexity index is 1830. The molecule has 0 heterocycles. The number of ketones is 1. The van der Waals surface area contributed by atoms with E-state index in [9.17, 15) is 47.4 Å². The largest absolute Gasteiger partial charge is 0.481 e. The Kier molecular flexibility index (Phi) is 15.4. The number of hydrogen-bond acceptors (Lipinski definition) is 9. The molecule has 0 bridgehead atoms. The number of sulfone groups is 1. The molecule has 4 N–H and O–H groups in total. The van der Waals surface area contributed by atoms with Crippen molar-refractivity contribution in [3.63, 3.8) is 0 Å². The summed E-state index contributed by atoms with van der Waals surface area (Å²) >= 11 is 0. The molecule has 52 heavy (non-hydrogen) atoms. The van der Waals surface area contributed by atoms with E-state index in [2.05, 4.69) is 10.6 Å². The van der Waals surface area contributed by atoms with Gasteiger partial charge in [0.2, 0.25) is 11.8 Å². The van der Waals surface area contributed by atoms with Gasteiger partial charge in [0.25, 0.3) is 0 Å². The van der Waals surface area contributed by atoms with E-state index in [1.165, 1.54) is 24.3 Å². The van der Waals surface area contributed by atoms with E-state index in [1.54, 1.807) is 80.6 Å².